The number of nitrogens with two attached hydrogens (primary N) is 1. The second-order valence-corrected chi connectivity index (χ2v) is 5.64. The van der Waals surface area contributed by atoms with Gasteiger partial charge in [-0.05, 0) is 31.2 Å². The summed E-state index contributed by atoms with van der Waals surface area (Å²) >= 11 is 1.69. The van der Waals surface area contributed by atoms with Crippen molar-refractivity contribution in [2.75, 3.05) is 0 Å². The van der Waals surface area contributed by atoms with E-state index < -0.39 is 0 Å². The van der Waals surface area contributed by atoms with Crippen LogP contribution in [-0.2, 0) is 0 Å². The summed E-state index contributed by atoms with van der Waals surface area (Å²) in [5.41, 5.74) is 9.73. The first-order valence-corrected chi connectivity index (χ1v) is 6.90. The number of nitrogens with zero attached hydrogens (tertiary/aromatic N) is 1. The summed E-state index contributed by atoms with van der Waals surface area (Å²) in [6.45, 7) is 2.12. The van der Waals surface area contributed by atoms with Crippen LogP contribution in [0.4, 0.5) is 0 Å². The molecule has 1 aromatic heterocycles. The molecule has 0 amide bonds. The Kier molecular flexibility index (Phi) is 2.73. The predicted octanol–water partition coefficient (Wildman–Crippen LogP) is 3.53. The molecule has 1 aromatic carbocycles. The summed E-state index contributed by atoms with van der Waals surface area (Å²) in [5.74, 6) is 0.672. The molecule has 1 fully saturated rings. The summed E-state index contributed by atoms with van der Waals surface area (Å²) in [6.07, 6.45) is 2.53. The van der Waals surface area contributed by atoms with Gasteiger partial charge in [-0.25, -0.2) is 4.98 Å². The Morgan fingerprint density at radius 2 is 2.12 bits per heavy atom. The van der Waals surface area contributed by atoms with Gasteiger partial charge in [0.05, 0.1) is 11.7 Å². The lowest BCUT2D eigenvalue weighted by Crippen LogP contribution is -2.11. The van der Waals surface area contributed by atoms with Crippen molar-refractivity contribution >= 4 is 11.3 Å². The van der Waals surface area contributed by atoms with Crippen molar-refractivity contribution in [1.29, 1.82) is 0 Å². The second-order valence-electron chi connectivity index (χ2n) is 4.75. The van der Waals surface area contributed by atoms with E-state index in [2.05, 4.69) is 36.6 Å². The monoisotopic (exact) mass is 244 g/mol. The van der Waals surface area contributed by atoms with Crippen LogP contribution >= 0.6 is 11.3 Å². The van der Waals surface area contributed by atoms with Gasteiger partial charge in [0.1, 0.15) is 5.01 Å². The Morgan fingerprint density at radius 1 is 1.35 bits per heavy atom. The highest BCUT2D eigenvalue weighted by atomic mass is 32.1. The van der Waals surface area contributed by atoms with Gasteiger partial charge < -0.3 is 5.73 Å². The maximum atomic E-state index is 6.18. The first-order chi connectivity index (χ1) is 8.25. The molecule has 88 valence electrons. The minimum absolute atomic E-state index is 0.151. The molecule has 0 radical (unpaired) electrons. The molecule has 1 saturated carbocycles. The van der Waals surface area contributed by atoms with Crippen LogP contribution in [-0.4, -0.2) is 4.98 Å². The van der Waals surface area contributed by atoms with Gasteiger partial charge in [0.25, 0.3) is 0 Å². The fourth-order valence-corrected chi connectivity index (χ4v) is 2.99. The molecule has 2 aromatic rings. The molecule has 3 rings (SSSR count). The van der Waals surface area contributed by atoms with Crippen LogP contribution in [0.3, 0.4) is 0 Å². The Morgan fingerprint density at radius 3 is 2.82 bits per heavy atom. The van der Waals surface area contributed by atoms with E-state index in [0.29, 0.717) is 5.92 Å². The number of hydrogen-bond donors (Lipinski definition) is 1. The molecule has 17 heavy (non-hydrogen) atoms. The molecule has 0 saturated heterocycles. The summed E-state index contributed by atoms with van der Waals surface area (Å²) in [5, 5.41) is 3.21. The third-order valence-electron chi connectivity index (χ3n) is 3.36. The summed E-state index contributed by atoms with van der Waals surface area (Å²) in [6, 6.07) is 8.51. The van der Waals surface area contributed by atoms with Gasteiger partial charge in [-0.15, -0.1) is 11.3 Å². The lowest BCUT2D eigenvalue weighted by Gasteiger charge is -2.05. The number of benzene rings is 1. The lowest BCUT2D eigenvalue weighted by atomic mass is 10.1. The van der Waals surface area contributed by atoms with Crippen LogP contribution in [0.2, 0.25) is 0 Å². The van der Waals surface area contributed by atoms with Crippen LogP contribution < -0.4 is 5.73 Å². The topological polar surface area (TPSA) is 38.9 Å². The quantitative estimate of drug-likeness (QED) is 0.897. The zero-order valence-electron chi connectivity index (χ0n) is 9.89. The molecule has 1 aliphatic rings. The fourth-order valence-electron chi connectivity index (χ4n) is 2.08. The molecular weight excluding hydrogens is 228 g/mol. The third kappa shape index (κ3) is 2.13. The number of aromatic nitrogens is 1. The standard InChI is InChI=1S/C14H16N2S/c1-9-4-2-3-5-11(9)12-8-17-14(16-12)13(15)10-6-7-10/h2-5,8,10,13H,6-7,15H2,1H3. The molecule has 2 nitrogen and oxygen atoms in total. The van der Waals surface area contributed by atoms with Crippen LogP contribution in [0.25, 0.3) is 11.3 Å². The van der Waals surface area contributed by atoms with Crippen molar-refractivity contribution in [2.45, 2.75) is 25.8 Å². The first kappa shape index (κ1) is 10.9. The Bertz CT molecular complexity index is 529. The molecular formula is C14H16N2S. The summed E-state index contributed by atoms with van der Waals surface area (Å²) in [4.78, 5) is 4.70. The Hall–Kier alpha value is -1.19. The number of thiazole rings is 1. The summed E-state index contributed by atoms with van der Waals surface area (Å²) < 4.78 is 0. The van der Waals surface area contributed by atoms with Gasteiger partial charge in [0, 0.05) is 10.9 Å². The second kappa shape index (κ2) is 4.24. The Balaban J connectivity index is 1.92. The van der Waals surface area contributed by atoms with E-state index in [-0.39, 0.29) is 6.04 Å². The van der Waals surface area contributed by atoms with Gasteiger partial charge >= 0.3 is 0 Å². The predicted molar refractivity (Wildman–Crippen MR) is 71.9 cm³/mol. The molecule has 3 heteroatoms. The van der Waals surface area contributed by atoms with Crippen molar-refractivity contribution < 1.29 is 0 Å². The van der Waals surface area contributed by atoms with Crippen molar-refractivity contribution in [3.05, 3.63) is 40.2 Å². The van der Waals surface area contributed by atoms with Crippen LogP contribution in [0.5, 0.6) is 0 Å². The van der Waals surface area contributed by atoms with Crippen LogP contribution in [0, 0.1) is 12.8 Å². The minimum atomic E-state index is 0.151. The van der Waals surface area contributed by atoms with E-state index in [9.17, 15) is 0 Å². The minimum Gasteiger partial charge on any atom is -0.322 e. The lowest BCUT2D eigenvalue weighted by molar-refractivity contribution is 0.629. The maximum Gasteiger partial charge on any atom is 0.110 e. The Labute approximate surface area is 106 Å². The van der Waals surface area contributed by atoms with E-state index >= 15 is 0 Å². The number of rotatable bonds is 3. The largest absolute Gasteiger partial charge is 0.322 e. The zero-order valence-corrected chi connectivity index (χ0v) is 10.7. The maximum absolute atomic E-state index is 6.18. The van der Waals surface area contributed by atoms with E-state index in [1.54, 1.807) is 11.3 Å². The average Bonchev–Trinajstić information content (AvgIpc) is 3.07. The van der Waals surface area contributed by atoms with E-state index in [1.165, 1.54) is 24.0 Å². The molecule has 1 atom stereocenters. The first-order valence-electron chi connectivity index (χ1n) is 6.02. The third-order valence-corrected chi connectivity index (χ3v) is 4.30. The number of aryl methyl sites for hydroxylation is 1. The molecule has 1 unspecified atom stereocenters. The van der Waals surface area contributed by atoms with Crippen molar-refractivity contribution in [2.24, 2.45) is 11.7 Å². The van der Waals surface area contributed by atoms with E-state index in [1.807, 2.05) is 0 Å². The highest BCUT2D eigenvalue weighted by Gasteiger charge is 2.31. The van der Waals surface area contributed by atoms with E-state index in [0.717, 1.165) is 10.7 Å². The highest BCUT2D eigenvalue weighted by molar-refractivity contribution is 7.10. The van der Waals surface area contributed by atoms with E-state index in [4.69, 9.17) is 10.7 Å². The SMILES string of the molecule is Cc1ccccc1-c1csc(C(N)C2CC2)n1. The molecule has 0 bridgehead atoms. The van der Waals surface area contributed by atoms with Gasteiger partial charge in [0.15, 0.2) is 0 Å². The van der Waals surface area contributed by atoms with Crippen molar-refractivity contribution in [1.82, 2.24) is 4.98 Å². The fraction of sp³-hybridized carbons (Fsp3) is 0.357. The van der Waals surface area contributed by atoms with Crippen molar-refractivity contribution in [3.8, 4) is 11.3 Å². The number of hydrogen-bond acceptors (Lipinski definition) is 3. The molecule has 1 aliphatic carbocycles. The smallest absolute Gasteiger partial charge is 0.110 e. The molecule has 1 heterocycles. The van der Waals surface area contributed by atoms with Gasteiger partial charge in [0.2, 0.25) is 0 Å². The normalized spacial score (nSPS) is 17.1. The van der Waals surface area contributed by atoms with Gasteiger partial charge in [-0.1, -0.05) is 24.3 Å². The van der Waals surface area contributed by atoms with Gasteiger partial charge in [-0.3, -0.25) is 0 Å². The highest BCUT2D eigenvalue weighted by Crippen LogP contribution is 2.41. The van der Waals surface area contributed by atoms with Gasteiger partial charge in [-0.2, -0.15) is 0 Å². The molecule has 0 spiro atoms. The molecule has 0 aliphatic heterocycles. The average molecular weight is 244 g/mol. The molecule has 2 N–H and O–H groups in total. The van der Waals surface area contributed by atoms with Crippen LogP contribution in [0.15, 0.2) is 29.6 Å². The van der Waals surface area contributed by atoms with Crippen LogP contribution in [0.1, 0.15) is 29.5 Å². The zero-order chi connectivity index (χ0) is 11.8. The summed E-state index contributed by atoms with van der Waals surface area (Å²) in [7, 11) is 0. The van der Waals surface area contributed by atoms with Crippen molar-refractivity contribution in [3.63, 3.8) is 0 Å².